The van der Waals surface area contributed by atoms with Crippen LogP contribution < -0.4 is 0 Å². The SMILES string of the molecule is CCCCCCCCCCCCCCCCCCCC(C)CCCC(C)CCCCCCC. The average Bonchev–Trinajstić information content (AvgIpc) is 2.81. The summed E-state index contributed by atoms with van der Waals surface area (Å²) >= 11 is 0. The van der Waals surface area contributed by atoms with E-state index in [9.17, 15) is 0 Å². The lowest BCUT2D eigenvalue weighted by molar-refractivity contribution is 0.391. The average molecular weight is 465 g/mol. The van der Waals surface area contributed by atoms with E-state index >= 15 is 0 Å². The number of hydrogen-bond acceptors (Lipinski definition) is 0. The molecule has 0 nitrogen and oxygen atoms in total. The Kier molecular flexibility index (Phi) is 28.2. The Morgan fingerprint density at radius 2 is 0.485 bits per heavy atom. The molecule has 0 heteroatoms. The van der Waals surface area contributed by atoms with Crippen molar-refractivity contribution in [1.82, 2.24) is 0 Å². The maximum absolute atomic E-state index is 2.50. The fourth-order valence-electron chi connectivity index (χ4n) is 5.42. The van der Waals surface area contributed by atoms with Crippen molar-refractivity contribution in [2.45, 2.75) is 201 Å². The Balaban J connectivity index is 3.21. The second kappa shape index (κ2) is 28.2. The summed E-state index contributed by atoms with van der Waals surface area (Å²) in [6.45, 7) is 9.61. The highest BCUT2D eigenvalue weighted by molar-refractivity contribution is 4.59. The molecular weight excluding hydrogens is 396 g/mol. The van der Waals surface area contributed by atoms with Crippen LogP contribution in [0.2, 0.25) is 0 Å². The molecule has 0 aromatic heterocycles. The van der Waals surface area contributed by atoms with Gasteiger partial charge in [0.15, 0.2) is 0 Å². The normalized spacial score (nSPS) is 13.5. The summed E-state index contributed by atoms with van der Waals surface area (Å²) in [6, 6.07) is 0. The predicted octanol–water partition coefficient (Wildman–Crippen LogP) is 12.8. The van der Waals surface area contributed by atoms with E-state index in [1.807, 2.05) is 0 Å². The molecule has 0 saturated carbocycles. The minimum Gasteiger partial charge on any atom is -0.0654 e. The second-order valence-electron chi connectivity index (χ2n) is 11.8. The lowest BCUT2D eigenvalue weighted by atomic mass is 9.92. The number of hydrogen-bond donors (Lipinski definition) is 0. The van der Waals surface area contributed by atoms with Crippen molar-refractivity contribution >= 4 is 0 Å². The maximum Gasteiger partial charge on any atom is -0.0443 e. The first-order valence-corrected chi connectivity index (χ1v) is 16.2. The van der Waals surface area contributed by atoms with Crippen LogP contribution in [0.15, 0.2) is 0 Å². The molecule has 0 bridgehead atoms. The lowest BCUT2D eigenvalue weighted by Gasteiger charge is -2.14. The monoisotopic (exact) mass is 465 g/mol. The molecule has 0 rings (SSSR count). The van der Waals surface area contributed by atoms with Crippen molar-refractivity contribution in [1.29, 1.82) is 0 Å². The number of rotatable bonds is 28. The van der Waals surface area contributed by atoms with E-state index in [4.69, 9.17) is 0 Å². The van der Waals surface area contributed by atoms with Gasteiger partial charge in [-0.25, -0.2) is 0 Å². The molecule has 0 saturated heterocycles. The van der Waals surface area contributed by atoms with E-state index in [1.165, 1.54) is 173 Å². The van der Waals surface area contributed by atoms with E-state index in [0.717, 1.165) is 11.8 Å². The summed E-state index contributed by atoms with van der Waals surface area (Å²) in [7, 11) is 0. The minimum atomic E-state index is 0.957. The van der Waals surface area contributed by atoms with Crippen LogP contribution in [0.4, 0.5) is 0 Å². The summed E-state index contributed by atoms with van der Waals surface area (Å²) < 4.78 is 0. The van der Waals surface area contributed by atoms with Crippen LogP contribution in [-0.2, 0) is 0 Å². The van der Waals surface area contributed by atoms with Crippen LogP contribution in [0, 0.1) is 11.8 Å². The maximum atomic E-state index is 2.50. The van der Waals surface area contributed by atoms with E-state index in [1.54, 1.807) is 0 Å². The van der Waals surface area contributed by atoms with Gasteiger partial charge < -0.3 is 0 Å². The van der Waals surface area contributed by atoms with Crippen LogP contribution in [0.1, 0.15) is 201 Å². The molecule has 0 aliphatic rings. The molecule has 0 spiro atoms. The van der Waals surface area contributed by atoms with Gasteiger partial charge in [0.2, 0.25) is 0 Å². The van der Waals surface area contributed by atoms with Gasteiger partial charge in [-0.15, -0.1) is 0 Å². The Hall–Kier alpha value is 0. The molecule has 0 fully saturated rings. The second-order valence-corrected chi connectivity index (χ2v) is 11.8. The molecule has 0 radical (unpaired) electrons. The van der Waals surface area contributed by atoms with Crippen LogP contribution in [0.25, 0.3) is 0 Å². The summed E-state index contributed by atoms with van der Waals surface area (Å²) in [6.07, 6.45) is 39.6. The van der Waals surface area contributed by atoms with Gasteiger partial charge in [-0.3, -0.25) is 0 Å². The molecule has 0 aliphatic heterocycles. The largest absolute Gasteiger partial charge is 0.0654 e. The van der Waals surface area contributed by atoms with E-state index in [-0.39, 0.29) is 0 Å². The van der Waals surface area contributed by atoms with E-state index < -0.39 is 0 Å². The fourth-order valence-corrected chi connectivity index (χ4v) is 5.42. The van der Waals surface area contributed by atoms with Crippen molar-refractivity contribution < 1.29 is 0 Å². The van der Waals surface area contributed by atoms with Gasteiger partial charge in [-0.1, -0.05) is 201 Å². The van der Waals surface area contributed by atoms with Crippen molar-refractivity contribution in [2.24, 2.45) is 11.8 Å². The summed E-state index contributed by atoms with van der Waals surface area (Å²) in [5, 5.41) is 0. The van der Waals surface area contributed by atoms with Gasteiger partial charge in [-0.2, -0.15) is 0 Å². The fraction of sp³-hybridized carbons (Fsp3) is 1.00. The van der Waals surface area contributed by atoms with Crippen LogP contribution in [0.3, 0.4) is 0 Å². The van der Waals surface area contributed by atoms with Gasteiger partial charge in [-0.05, 0) is 11.8 Å². The molecule has 0 amide bonds. The van der Waals surface area contributed by atoms with Gasteiger partial charge in [0.25, 0.3) is 0 Å². The molecule has 200 valence electrons. The summed E-state index contributed by atoms with van der Waals surface area (Å²) in [5.74, 6) is 1.91. The molecule has 0 aromatic carbocycles. The van der Waals surface area contributed by atoms with Crippen LogP contribution in [-0.4, -0.2) is 0 Å². The van der Waals surface area contributed by atoms with E-state index in [2.05, 4.69) is 27.7 Å². The highest BCUT2D eigenvalue weighted by Crippen LogP contribution is 2.22. The quantitative estimate of drug-likeness (QED) is 0.101. The topological polar surface area (TPSA) is 0 Å². The smallest absolute Gasteiger partial charge is 0.0443 e. The predicted molar refractivity (Wildman–Crippen MR) is 154 cm³/mol. The minimum absolute atomic E-state index is 0.957. The third-order valence-corrected chi connectivity index (χ3v) is 7.99. The van der Waals surface area contributed by atoms with E-state index in [0.29, 0.717) is 0 Å². The Labute approximate surface area is 212 Å². The zero-order valence-electron chi connectivity index (χ0n) is 24.2. The standard InChI is InChI=1S/C33H68/c1-5-7-9-11-12-13-14-15-16-17-18-19-20-21-22-24-26-29-33(4)31-27-30-32(3)28-25-23-10-8-6-2/h32-33H,5-31H2,1-4H3. The highest BCUT2D eigenvalue weighted by Gasteiger charge is 2.06. The van der Waals surface area contributed by atoms with Gasteiger partial charge in [0.1, 0.15) is 0 Å². The molecule has 2 unspecified atom stereocenters. The van der Waals surface area contributed by atoms with Crippen LogP contribution in [0.5, 0.6) is 0 Å². The molecule has 2 atom stereocenters. The van der Waals surface area contributed by atoms with Crippen LogP contribution >= 0.6 is 0 Å². The molecule has 33 heavy (non-hydrogen) atoms. The summed E-state index contributed by atoms with van der Waals surface area (Å²) in [5.41, 5.74) is 0. The van der Waals surface area contributed by atoms with Gasteiger partial charge in [0, 0.05) is 0 Å². The zero-order valence-corrected chi connectivity index (χ0v) is 24.2. The first-order chi connectivity index (χ1) is 16.2. The first kappa shape index (κ1) is 33.0. The molecular formula is C33H68. The highest BCUT2D eigenvalue weighted by atomic mass is 14.1. The zero-order chi connectivity index (χ0) is 24.2. The Bertz CT molecular complexity index is 333. The Morgan fingerprint density at radius 3 is 0.758 bits per heavy atom. The Morgan fingerprint density at radius 1 is 0.273 bits per heavy atom. The first-order valence-electron chi connectivity index (χ1n) is 16.2. The van der Waals surface area contributed by atoms with Crippen molar-refractivity contribution in [3.63, 3.8) is 0 Å². The molecule has 0 aliphatic carbocycles. The summed E-state index contributed by atoms with van der Waals surface area (Å²) in [4.78, 5) is 0. The third kappa shape index (κ3) is 28.1. The number of unbranched alkanes of at least 4 members (excludes halogenated alkanes) is 20. The molecule has 0 aromatic rings. The van der Waals surface area contributed by atoms with Gasteiger partial charge in [0.05, 0.1) is 0 Å². The van der Waals surface area contributed by atoms with Crippen molar-refractivity contribution in [3.8, 4) is 0 Å². The third-order valence-electron chi connectivity index (χ3n) is 7.99. The molecule has 0 N–H and O–H groups in total. The van der Waals surface area contributed by atoms with Crippen molar-refractivity contribution in [2.75, 3.05) is 0 Å². The van der Waals surface area contributed by atoms with Gasteiger partial charge >= 0.3 is 0 Å². The molecule has 0 heterocycles. The van der Waals surface area contributed by atoms with Crippen molar-refractivity contribution in [3.05, 3.63) is 0 Å². The lowest BCUT2D eigenvalue weighted by Crippen LogP contribution is -1.99.